The van der Waals surface area contributed by atoms with Crippen LogP contribution in [0.1, 0.15) is 11.1 Å². The van der Waals surface area contributed by atoms with Crippen molar-refractivity contribution in [3.63, 3.8) is 0 Å². The molecule has 1 aromatic carbocycles. The average molecular weight is 267 g/mol. The molecule has 0 unspecified atom stereocenters. The molecule has 0 saturated carbocycles. The van der Waals surface area contributed by atoms with E-state index >= 15 is 0 Å². The van der Waals surface area contributed by atoms with Gasteiger partial charge in [-0.05, 0) is 30.7 Å². The lowest BCUT2D eigenvalue weighted by Gasteiger charge is -2.29. The summed E-state index contributed by atoms with van der Waals surface area (Å²) >= 11 is 0. The molecule has 6 heteroatoms. The fourth-order valence-corrected chi connectivity index (χ4v) is 3.32. The van der Waals surface area contributed by atoms with Crippen molar-refractivity contribution in [3.8, 4) is 0 Å². The standard InChI is InChI=1S/C12H17N3O2S/c1-9-8-10(2-3-11(9)12(13)14)15-4-6-18(16,17)7-5-15/h2-3,8H,4-7H2,1H3,(H3,13,14). The molecule has 1 aliphatic rings. The summed E-state index contributed by atoms with van der Waals surface area (Å²) in [5.74, 6) is 0.473. The zero-order chi connectivity index (χ0) is 13.3. The van der Waals surface area contributed by atoms with Gasteiger partial charge in [-0.15, -0.1) is 0 Å². The van der Waals surface area contributed by atoms with E-state index in [1.54, 1.807) is 0 Å². The molecule has 5 nitrogen and oxygen atoms in total. The zero-order valence-corrected chi connectivity index (χ0v) is 11.1. The van der Waals surface area contributed by atoms with Crippen LogP contribution in [0.15, 0.2) is 18.2 Å². The molecule has 0 amide bonds. The van der Waals surface area contributed by atoms with Gasteiger partial charge >= 0.3 is 0 Å². The van der Waals surface area contributed by atoms with Crippen molar-refractivity contribution in [1.82, 2.24) is 0 Å². The quantitative estimate of drug-likeness (QED) is 0.604. The van der Waals surface area contributed by atoms with Crippen molar-refractivity contribution in [3.05, 3.63) is 29.3 Å². The van der Waals surface area contributed by atoms with Crippen LogP contribution in [0.5, 0.6) is 0 Å². The SMILES string of the molecule is Cc1cc(N2CCS(=O)(=O)CC2)ccc1C(=N)N. The monoisotopic (exact) mass is 267 g/mol. The molecule has 0 aliphatic carbocycles. The minimum Gasteiger partial charge on any atom is -0.384 e. The number of hydrogen-bond donors (Lipinski definition) is 2. The number of nitrogen functional groups attached to an aromatic ring is 1. The third-order valence-electron chi connectivity index (χ3n) is 3.21. The molecule has 2 rings (SSSR count). The van der Waals surface area contributed by atoms with E-state index < -0.39 is 9.84 Å². The van der Waals surface area contributed by atoms with Gasteiger partial charge in [0.05, 0.1) is 11.5 Å². The molecule has 1 fully saturated rings. The summed E-state index contributed by atoms with van der Waals surface area (Å²) in [6.45, 7) is 2.96. The third-order valence-corrected chi connectivity index (χ3v) is 4.82. The van der Waals surface area contributed by atoms with E-state index in [9.17, 15) is 8.42 Å². The Balaban J connectivity index is 2.21. The first-order valence-corrected chi connectivity index (χ1v) is 7.61. The number of anilines is 1. The first-order valence-electron chi connectivity index (χ1n) is 5.79. The molecule has 18 heavy (non-hydrogen) atoms. The highest BCUT2D eigenvalue weighted by Gasteiger charge is 2.21. The average Bonchev–Trinajstić information content (AvgIpc) is 2.28. The van der Waals surface area contributed by atoms with E-state index in [-0.39, 0.29) is 17.3 Å². The maximum Gasteiger partial charge on any atom is 0.153 e. The van der Waals surface area contributed by atoms with Crippen LogP contribution < -0.4 is 10.6 Å². The van der Waals surface area contributed by atoms with Crippen LogP contribution in [-0.4, -0.2) is 38.8 Å². The maximum absolute atomic E-state index is 11.4. The Morgan fingerprint density at radius 3 is 2.44 bits per heavy atom. The Labute approximate surface area is 107 Å². The summed E-state index contributed by atoms with van der Waals surface area (Å²) < 4.78 is 22.7. The second-order valence-corrected chi connectivity index (χ2v) is 6.86. The van der Waals surface area contributed by atoms with Crippen molar-refractivity contribution in [2.75, 3.05) is 29.5 Å². The van der Waals surface area contributed by atoms with Crippen LogP contribution in [-0.2, 0) is 9.84 Å². The normalized spacial score (nSPS) is 18.6. The van der Waals surface area contributed by atoms with E-state index in [2.05, 4.69) is 4.90 Å². The van der Waals surface area contributed by atoms with Crippen molar-refractivity contribution >= 4 is 21.4 Å². The molecule has 1 heterocycles. The Kier molecular flexibility index (Phi) is 3.30. The van der Waals surface area contributed by atoms with Gasteiger partial charge in [0.25, 0.3) is 0 Å². The number of hydrogen-bond acceptors (Lipinski definition) is 4. The zero-order valence-electron chi connectivity index (χ0n) is 10.3. The van der Waals surface area contributed by atoms with Crippen LogP contribution in [0.4, 0.5) is 5.69 Å². The number of nitrogens with two attached hydrogens (primary N) is 1. The predicted octanol–water partition coefficient (Wildman–Crippen LogP) is 0.514. The van der Waals surface area contributed by atoms with Gasteiger partial charge in [0.2, 0.25) is 0 Å². The molecule has 0 spiro atoms. The number of rotatable bonds is 2. The molecular formula is C12H17N3O2S. The Morgan fingerprint density at radius 1 is 1.33 bits per heavy atom. The fraction of sp³-hybridized carbons (Fsp3) is 0.417. The first kappa shape index (κ1) is 12.9. The lowest BCUT2D eigenvalue weighted by atomic mass is 10.1. The molecular weight excluding hydrogens is 250 g/mol. The number of sulfone groups is 1. The van der Waals surface area contributed by atoms with Crippen LogP contribution in [0.2, 0.25) is 0 Å². The van der Waals surface area contributed by atoms with Gasteiger partial charge in [-0.3, -0.25) is 5.41 Å². The summed E-state index contributed by atoms with van der Waals surface area (Å²) in [6.07, 6.45) is 0. The molecule has 1 aliphatic heterocycles. The fourth-order valence-electron chi connectivity index (χ4n) is 2.12. The minimum atomic E-state index is -2.85. The number of amidine groups is 1. The first-order chi connectivity index (χ1) is 8.39. The molecule has 1 saturated heterocycles. The van der Waals surface area contributed by atoms with Crippen molar-refractivity contribution < 1.29 is 8.42 Å². The topological polar surface area (TPSA) is 87.2 Å². The highest BCUT2D eigenvalue weighted by atomic mass is 32.2. The van der Waals surface area contributed by atoms with Gasteiger partial charge in [-0.1, -0.05) is 0 Å². The summed E-state index contributed by atoms with van der Waals surface area (Å²) in [4.78, 5) is 2.05. The summed E-state index contributed by atoms with van der Waals surface area (Å²) in [7, 11) is -2.85. The third kappa shape index (κ3) is 2.64. The van der Waals surface area contributed by atoms with Crippen molar-refractivity contribution in [2.24, 2.45) is 5.73 Å². The highest BCUT2D eigenvalue weighted by Crippen LogP contribution is 2.21. The van der Waals surface area contributed by atoms with Gasteiger partial charge in [-0.2, -0.15) is 0 Å². The molecule has 0 radical (unpaired) electrons. The van der Waals surface area contributed by atoms with Crippen LogP contribution in [0.3, 0.4) is 0 Å². The van der Waals surface area contributed by atoms with Gasteiger partial charge < -0.3 is 10.6 Å². The molecule has 1 aromatic rings. The smallest absolute Gasteiger partial charge is 0.153 e. The summed E-state index contributed by atoms with van der Waals surface area (Å²) in [6, 6.07) is 5.66. The molecule has 0 aromatic heterocycles. The number of nitrogens with one attached hydrogen (secondary N) is 1. The van der Waals surface area contributed by atoms with Gasteiger partial charge in [0, 0.05) is 24.3 Å². The van der Waals surface area contributed by atoms with Crippen LogP contribution >= 0.6 is 0 Å². The van der Waals surface area contributed by atoms with Crippen LogP contribution in [0, 0.1) is 12.3 Å². The predicted molar refractivity (Wildman–Crippen MR) is 73.1 cm³/mol. The van der Waals surface area contributed by atoms with E-state index in [1.165, 1.54) is 0 Å². The van der Waals surface area contributed by atoms with E-state index in [1.807, 2.05) is 25.1 Å². The number of nitrogens with zero attached hydrogens (tertiary/aromatic N) is 1. The second kappa shape index (κ2) is 4.61. The second-order valence-electron chi connectivity index (χ2n) is 4.55. The maximum atomic E-state index is 11.4. The molecule has 98 valence electrons. The van der Waals surface area contributed by atoms with Gasteiger partial charge in [0.1, 0.15) is 5.84 Å². The van der Waals surface area contributed by atoms with E-state index in [0.717, 1.165) is 16.8 Å². The van der Waals surface area contributed by atoms with Crippen molar-refractivity contribution in [2.45, 2.75) is 6.92 Å². The number of benzene rings is 1. The number of aryl methyl sites for hydroxylation is 1. The molecule has 0 atom stereocenters. The Morgan fingerprint density at radius 2 is 1.94 bits per heavy atom. The van der Waals surface area contributed by atoms with Crippen LogP contribution in [0.25, 0.3) is 0 Å². The lowest BCUT2D eigenvalue weighted by Crippen LogP contribution is -2.40. The van der Waals surface area contributed by atoms with Gasteiger partial charge in [0.15, 0.2) is 9.84 Å². The Hall–Kier alpha value is -1.56. The summed E-state index contributed by atoms with van der Waals surface area (Å²) in [5.41, 5.74) is 8.13. The Bertz CT molecular complexity index is 567. The molecule has 3 N–H and O–H groups in total. The highest BCUT2D eigenvalue weighted by molar-refractivity contribution is 7.91. The van der Waals surface area contributed by atoms with Gasteiger partial charge in [-0.25, -0.2) is 8.42 Å². The molecule has 0 bridgehead atoms. The largest absolute Gasteiger partial charge is 0.384 e. The van der Waals surface area contributed by atoms with Crippen molar-refractivity contribution in [1.29, 1.82) is 5.41 Å². The minimum absolute atomic E-state index is 0.0558. The summed E-state index contributed by atoms with van der Waals surface area (Å²) in [5, 5.41) is 7.43. The van der Waals surface area contributed by atoms with E-state index in [0.29, 0.717) is 13.1 Å². The van der Waals surface area contributed by atoms with E-state index in [4.69, 9.17) is 11.1 Å². The lowest BCUT2D eigenvalue weighted by molar-refractivity contribution is 0.587.